The number of hydrogen-bond acceptors (Lipinski definition) is 3. The summed E-state index contributed by atoms with van der Waals surface area (Å²) in [5.74, 6) is 0.861. The van der Waals surface area contributed by atoms with Gasteiger partial charge in [-0.25, -0.2) is 4.98 Å². The van der Waals surface area contributed by atoms with Crippen LogP contribution in [-0.2, 0) is 0 Å². The number of aromatic nitrogens is 1. The Morgan fingerprint density at radius 2 is 2.21 bits per heavy atom. The lowest BCUT2D eigenvalue weighted by molar-refractivity contribution is 0.385. The van der Waals surface area contributed by atoms with Crippen LogP contribution in [0.1, 0.15) is 40.9 Å². The molecule has 0 spiro atoms. The van der Waals surface area contributed by atoms with E-state index in [4.69, 9.17) is 0 Å². The first-order chi connectivity index (χ1) is 6.74. The summed E-state index contributed by atoms with van der Waals surface area (Å²) in [6.45, 7) is 4.31. The van der Waals surface area contributed by atoms with E-state index in [1.54, 1.807) is 0 Å². The third-order valence-electron chi connectivity index (χ3n) is 3.59. The molecule has 1 N–H and O–H groups in total. The summed E-state index contributed by atoms with van der Waals surface area (Å²) < 4.78 is 0. The standard InChI is InChI=1S/C11H16N2S/c1-6-10(12-7(2)14-6)11-8-3-4-9(5-8)13-11/h8-9,11,13H,3-5H2,1-2H3. The number of hydrogen-bond donors (Lipinski definition) is 1. The van der Waals surface area contributed by atoms with E-state index in [9.17, 15) is 0 Å². The van der Waals surface area contributed by atoms with Gasteiger partial charge >= 0.3 is 0 Å². The van der Waals surface area contributed by atoms with Gasteiger partial charge in [0.1, 0.15) is 0 Å². The molecule has 0 radical (unpaired) electrons. The minimum absolute atomic E-state index is 0.568. The van der Waals surface area contributed by atoms with E-state index in [0.29, 0.717) is 6.04 Å². The van der Waals surface area contributed by atoms with Crippen LogP contribution in [0.5, 0.6) is 0 Å². The molecular weight excluding hydrogens is 192 g/mol. The lowest BCUT2D eigenvalue weighted by atomic mass is 9.97. The van der Waals surface area contributed by atoms with E-state index in [1.165, 1.54) is 34.8 Å². The molecule has 2 aliphatic rings. The van der Waals surface area contributed by atoms with Crippen molar-refractivity contribution in [2.45, 2.75) is 45.2 Å². The second-order valence-electron chi connectivity index (χ2n) is 4.59. The molecule has 1 saturated carbocycles. The van der Waals surface area contributed by atoms with Crippen LogP contribution in [0.3, 0.4) is 0 Å². The van der Waals surface area contributed by atoms with Crippen LogP contribution < -0.4 is 5.32 Å². The van der Waals surface area contributed by atoms with Crippen molar-refractivity contribution in [1.82, 2.24) is 10.3 Å². The Kier molecular flexibility index (Phi) is 1.92. The molecule has 2 fully saturated rings. The van der Waals surface area contributed by atoms with Crippen LogP contribution in [0.4, 0.5) is 0 Å². The van der Waals surface area contributed by atoms with Crippen LogP contribution >= 0.6 is 11.3 Å². The number of fused-ring (bicyclic) bond motifs is 2. The first-order valence-electron chi connectivity index (χ1n) is 5.44. The SMILES string of the molecule is Cc1nc(C2NC3CCC2C3)c(C)s1. The van der Waals surface area contributed by atoms with Crippen molar-refractivity contribution in [3.63, 3.8) is 0 Å². The van der Waals surface area contributed by atoms with Gasteiger partial charge < -0.3 is 5.32 Å². The molecule has 3 rings (SSSR count). The number of thiazole rings is 1. The average molecular weight is 208 g/mol. The minimum Gasteiger partial charge on any atom is -0.306 e. The molecule has 0 amide bonds. The summed E-state index contributed by atoms with van der Waals surface area (Å²) in [7, 11) is 0. The zero-order valence-electron chi connectivity index (χ0n) is 8.71. The van der Waals surface area contributed by atoms with E-state index < -0.39 is 0 Å². The molecule has 2 heterocycles. The van der Waals surface area contributed by atoms with Crippen molar-refractivity contribution in [2.24, 2.45) is 5.92 Å². The molecule has 2 bridgehead atoms. The number of nitrogens with zero attached hydrogens (tertiary/aromatic N) is 1. The molecule has 3 heteroatoms. The first-order valence-corrected chi connectivity index (χ1v) is 6.25. The van der Waals surface area contributed by atoms with Gasteiger partial charge in [0.15, 0.2) is 0 Å². The summed E-state index contributed by atoms with van der Waals surface area (Å²) in [6, 6.07) is 1.35. The summed E-state index contributed by atoms with van der Waals surface area (Å²) in [6.07, 6.45) is 4.16. The highest BCUT2D eigenvalue weighted by atomic mass is 32.1. The van der Waals surface area contributed by atoms with Gasteiger partial charge in [0.05, 0.1) is 16.7 Å². The normalized spacial score (nSPS) is 35.4. The average Bonchev–Trinajstić information content (AvgIpc) is 2.79. The van der Waals surface area contributed by atoms with Gasteiger partial charge in [0.25, 0.3) is 0 Å². The molecule has 3 unspecified atom stereocenters. The maximum Gasteiger partial charge on any atom is 0.0900 e. The smallest absolute Gasteiger partial charge is 0.0900 e. The molecular formula is C11H16N2S. The Morgan fingerprint density at radius 1 is 1.36 bits per heavy atom. The van der Waals surface area contributed by atoms with Gasteiger partial charge in [-0.1, -0.05) is 0 Å². The fourth-order valence-electron chi connectivity index (χ4n) is 3.00. The molecule has 76 valence electrons. The fourth-order valence-corrected chi connectivity index (χ4v) is 3.86. The zero-order valence-corrected chi connectivity index (χ0v) is 9.53. The van der Waals surface area contributed by atoms with Crippen LogP contribution in [0.15, 0.2) is 0 Å². The topological polar surface area (TPSA) is 24.9 Å². The monoisotopic (exact) mass is 208 g/mol. The second kappa shape index (κ2) is 3.04. The highest BCUT2D eigenvalue weighted by Crippen LogP contribution is 2.44. The molecule has 1 aromatic heterocycles. The van der Waals surface area contributed by atoms with Gasteiger partial charge in [-0.05, 0) is 39.0 Å². The maximum atomic E-state index is 4.67. The Bertz CT molecular complexity index is 358. The molecule has 14 heavy (non-hydrogen) atoms. The van der Waals surface area contributed by atoms with E-state index in [2.05, 4.69) is 24.1 Å². The molecule has 1 aliphatic heterocycles. The molecule has 0 aromatic carbocycles. The molecule has 1 aromatic rings. The molecule has 2 nitrogen and oxygen atoms in total. The van der Waals surface area contributed by atoms with Gasteiger partial charge in [0, 0.05) is 10.9 Å². The summed E-state index contributed by atoms with van der Waals surface area (Å²) >= 11 is 1.83. The summed E-state index contributed by atoms with van der Waals surface area (Å²) in [5, 5.41) is 4.92. The third kappa shape index (κ3) is 1.22. The van der Waals surface area contributed by atoms with E-state index in [0.717, 1.165) is 12.0 Å². The molecule has 3 atom stereocenters. The Labute approximate surface area is 88.7 Å². The second-order valence-corrected chi connectivity index (χ2v) is 6.00. The van der Waals surface area contributed by atoms with Gasteiger partial charge in [-0.2, -0.15) is 0 Å². The van der Waals surface area contributed by atoms with Gasteiger partial charge in [-0.3, -0.25) is 0 Å². The number of nitrogens with one attached hydrogen (secondary N) is 1. The zero-order chi connectivity index (χ0) is 9.71. The highest BCUT2D eigenvalue weighted by Gasteiger charge is 2.41. The van der Waals surface area contributed by atoms with Crippen molar-refractivity contribution in [1.29, 1.82) is 0 Å². The minimum atomic E-state index is 0.568. The van der Waals surface area contributed by atoms with E-state index >= 15 is 0 Å². The highest BCUT2D eigenvalue weighted by molar-refractivity contribution is 7.11. The van der Waals surface area contributed by atoms with Gasteiger partial charge in [-0.15, -0.1) is 11.3 Å². The van der Waals surface area contributed by atoms with Crippen molar-refractivity contribution >= 4 is 11.3 Å². The van der Waals surface area contributed by atoms with Crippen LogP contribution in [0.25, 0.3) is 0 Å². The predicted octanol–water partition coefficient (Wildman–Crippen LogP) is 2.57. The van der Waals surface area contributed by atoms with Crippen molar-refractivity contribution in [3.8, 4) is 0 Å². The molecule has 1 saturated heterocycles. The molecule has 1 aliphatic carbocycles. The Hall–Kier alpha value is -0.410. The largest absolute Gasteiger partial charge is 0.306 e. The maximum absolute atomic E-state index is 4.67. The Morgan fingerprint density at radius 3 is 2.71 bits per heavy atom. The number of piperidine rings is 1. The Balaban J connectivity index is 1.92. The van der Waals surface area contributed by atoms with E-state index in [-0.39, 0.29) is 0 Å². The van der Waals surface area contributed by atoms with Crippen LogP contribution in [0, 0.1) is 19.8 Å². The fraction of sp³-hybridized carbons (Fsp3) is 0.727. The third-order valence-corrected chi connectivity index (χ3v) is 4.50. The van der Waals surface area contributed by atoms with Crippen molar-refractivity contribution in [3.05, 3.63) is 15.6 Å². The summed E-state index contributed by atoms with van der Waals surface area (Å²) in [4.78, 5) is 6.08. The quantitative estimate of drug-likeness (QED) is 0.767. The van der Waals surface area contributed by atoms with Crippen LogP contribution in [-0.4, -0.2) is 11.0 Å². The number of rotatable bonds is 1. The van der Waals surface area contributed by atoms with Crippen LogP contribution in [0.2, 0.25) is 0 Å². The number of aryl methyl sites for hydroxylation is 2. The van der Waals surface area contributed by atoms with Crippen molar-refractivity contribution < 1.29 is 0 Å². The van der Waals surface area contributed by atoms with Crippen molar-refractivity contribution in [2.75, 3.05) is 0 Å². The predicted molar refractivity (Wildman–Crippen MR) is 58.6 cm³/mol. The summed E-state index contributed by atoms with van der Waals surface area (Å²) in [5.41, 5.74) is 1.33. The van der Waals surface area contributed by atoms with Gasteiger partial charge in [0.2, 0.25) is 0 Å². The lowest BCUT2D eigenvalue weighted by Crippen LogP contribution is -2.29. The lowest BCUT2D eigenvalue weighted by Gasteiger charge is -2.22. The van der Waals surface area contributed by atoms with E-state index in [1.807, 2.05) is 11.3 Å². The first kappa shape index (κ1) is 8.86.